The van der Waals surface area contributed by atoms with Crippen LogP contribution in [0.5, 0.6) is 0 Å². The molecule has 20 heavy (non-hydrogen) atoms. The SMILES string of the molecule is CCOC(=O)C(NC(C)C)C1CCC(C(C)(C)C)CC1. The first-order valence-corrected chi connectivity index (χ1v) is 8.18. The average Bonchev–Trinajstić information content (AvgIpc) is 2.35. The maximum atomic E-state index is 12.2. The molecule has 0 aromatic heterocycles. The van der Waals surface area contributed by atoms with Gasteiger partial charge in [-0.2, -0.15) is 0 Å². The van der Waals surface area contributed by atoms with Gasteiger partial charge in [0.25, 0.3) is 0 Å². The van der Waals surface area contributed by atoms with Gasteiger partial charge in [0.2, 0.25) is 0 Å². The van der Waals surface area contributed by atoms with Gasteiger partial charge in [-0.25, -0.2) is 0 Å². The third-order valence-corrected chi connectivity index (χ3v) is 4.52. The number of hydrogen-bond donors (Lipinski definition) is 1. The number of rotatable bonds is 5. The van der Waals surface area contributed by atoms with Crippen molar-refractivity contribution >= 4 is 5.97 Å². The van der Waals surface area contributed by atoms with E-state index < -0.39 is 0 Å². The molecule has 1 aliphatic rings. The second-order valence-corrected chi connectivity index (χ2v) is 7.53. The van der Waals surface area contributed by atoms with Crippen molar-refractivity contribution in [3.63, 3.8) is 0 Å². The Morgan fingerprint density at radius 3 is 2.15 bits per heavy atom. The van der Waals surface area contributed by atoms with Gasteiger partial charge >= 0.3 is 5.97 Å². The predicted octanol–water partition coefficient (Wildman–Crippen LogP) is 3.77. The van der Waals surface area contributed by atoms with Crippen molar-refractivity contribution in [1.29, 1.82) is 0 Å². The number of ether oxygens (including phenoxy) is 1. The highest BCUT2D eigenvalue weighted by molar-refractivity contribution is 5.76. The van der Waals surface area contributed by atoms with E-state index in [4.69, 9.17) is 4.74 Å². The van der Waals surface area contributed by atoms with Crippen LogP contribution in [0.1, 0.15) is 67.2 Å². The van der Waals surface area contributed by atoms with E-state index in [1.54, 1.807) is 0 Å². The van der Waals surface area contributed by atoms with Crippen LogP contribution in [0.3, 0.4) is 0 Å². The largest absolute Gasteiger partial charge is 0.465 e. The minimum atomic E-state index is -0.129. The van der Waals surface area contributed by atoms with Crippen molar-refractivity contribution in [2.75, 3.05) is 6.61 Å². The van der Waals surface area contributed by atoms with E-state index in [1.165, 1.54) is 12.8 Å². The van der Waals surface area contributed by atoms with Crippen molar-refractivity contribution in [2.24, 2.45) is 17.3 Å². The summed E-state index contributed by atoms with van der Waals surface area (Å²) in [6.45, 7) is 13.5. The van der Waals surface area contributed by atoms with Gasteiger partial charge in [0, 0.05) is 6.04 Å². The fourth-order valence-electron chi connectivity index (χ4n) is 3.31. The fraction of sp³-hybridized carbons (Fsp3) is 0.941. The topological polar surface area (TPSA) is 38.3 Å². The molecule has 0 aromatic carbocycles. The van der Waals surface area contributed by atoms with E-state index in [1.807, 2.05) is 6.92 Å². The molecule has 1 aliphatic carbocycles. The zero-order chi connectivity index (χ0) is 15.3. The molecule has 1 unspecified atom stereocenters. The van der Waals surface area contributed by atoms with Gasteiger partial charge in [-0.15, -0.1) is 0 Å². The summed E-state index contributed by atoms with van der Waals surface area (Å²) in [4.78, 5) is 12.2. The van der Waals surface area contributed by atoms with E-state index in [0.717, 1.165) is 18.8 Å². The lowest BCUT2D eigenvalue weighted by Gasteiger charge is -2.39. The van der Waals surface area contributed by atoms with E-state index >= 15 is 0 Å². The molecule has 1 N–H and O–H groups in total. The third-order valence-electron chi connectivity index (χ3n) is 4.52. The van der Waals surface area contributed by atoms with Crippen LogP contribution in [0.4, 0.5) is 0 Å². The van der Waals surface area contributed by atoms with Gasteiger partial charge in [-0.1, -0.05) is 34.6 Å². The monoisotopic (exact) mass is 283 g/mol. The zero-order valence-electron chi connectivity index (χ0n) is 14.2. The highest BCUT2D eigenvalue weighted by Gasteiger charge is 2.36. The molecule has 0 spiro atoms. The van der Waals surface area contributed by atoms with E-state index in [0.29, 0.717) is 24.0 Å². The van der Waals surface area contributed by atoms with Gasteiger partial charge < -0.3 is 10.1 Å². The third kappa shape index (κ3) is 5.08. The minimum Gasteiger partial charge on any atom is -0.465 e. The molecule has 0 radical (unpaired) electrons. The normalized spacial score (nSPS) is 25.6. The van der Waals surface area contributed by atoms with Gasteiger partial charge in [0.15, 0.2) is 0 Å². The second kappa shape index (κ2) is 7.44. The quantitative estimate of drug-likeness (QED) is 0.781. The van der Waals surface area contributed by atoms with Crippen LogP contribution < -0.4 is 5.32 Å². The first-order valence-electron chi connectivity index (χ1n) is 8.18. The smallest absolute Gasteiger partial charge is 0.323 e. The molecule has 118 valence electrons. The molecule has 1 saturated carbocycles. The Balaban J connectivity index is 2.63. The summed E-state index contributed by atoms with van der Waals surface area (Å²) in [5.41, 5.74) is 0.385. The van der Waals surface area contributed by atoms with Crippen LogP contribution in [-0.2, 0) is 9.53 Å². The van der Waals surface area contributed by atoms with Crippen LogP contribution in [0.2, 0.25) is 0 Å². The lowest BCUT2D eigenvalue weighted by Crippen LogP contribution is -2.48. The fourth-order valence-corrected chi connectivity index (χ4v) is 3.31. The summed E-state index contributed by atoms with van der Waals surface area (Å²) in [6, 6.07) is 0.181. The molecule has 3 nitrogen and oxygen atoms in total. The zero-order valence-corrected chi connectivity index (χ0v) is 14.2. The summed E-state index contributed by atoms with van der Waals surface area (Å²) in [5, 5.41) is 3.41. The number of hydrogen-bond acceptors (Lipinski definition) is 3. The van der Waals surface area contributed by atoms with Crippen LogP contribution >= 0.6 is 0 Å². The molecule has 0 aliphatic heterocycles. The summed E-state index contributed by atoms with van der Waals surface area (Å²) in [5.74, 6) is 1.14. The summed E-state index contributed by atoms with van der Waals surface area (Å²) in [6.07, 6.45) is 4.71. The van der Waals surface area contributed by atoms with Gasteiger partial charge in [0.1, 0.15) is 6.04 Å². The first-order chi connectivity index (χ1) is 9.25. The maximum absolute atomic E-state index is 12.2. The van der Waals surface area contributed by atoms with Crippen LogP contribution in [0.25, 0.3) is 0 Å². The molecule has 0 heterocycles. The van der Waals surface area contributed by atoms with Gasteiger partial charge in [0.05, 0.1) is 6.61 Å². The molecule has 1 rings (SSSR count). The number of carbonyl (C=O) groups excluding carboxylic acids is 1. The summed E-state index contributed by atoms with van der Waals surface area (Å²) >= 11 is 0. The molecule has 0 bridgehead atoms. The Kier molecular flexibility index (Phi) is 6.50. The van der Waals surface area contributed by atoms with Gasteiger partial charge in [-0.3, -0.25) is 4.79 Å². The second-order valence-electron chi connectivity index (χ2n) is 7.53. The Morgan fingerprint density at radius 1 is 1.20 bits per heavy atom. The van der Waals surface area contributed by atoms with Crippen LogP contribution in [0, 0.1) is 17.3 Å². The van der Waals surface area contributed by atoms with Crippen molar-refractivity contribution in [3.05, 3.63) is 0 Å². The predicted molar refractivity (Wildman–Crippen MR) is 83.6 cm³/mol. The Hall–Kier alpha value is -0.570. The minimum absolute atomic E-state index is 0.0691. The molecule has 3 heteroatoms. The number of nitrogens with one attached hydrogen (secondary N) is 1. The standard InChI is InChI=1S/C17H33NO2/c1-7-20-16(19)15(18-12(2)3)13-8-10-14(11-9-13)17(4,5)6/h12-15,18H,7-11H2,1-6H3. The molecular weight excluding hydrogens is 250 g/mol. The molecule has 0 amide bonds. The highest BCUT2D eigenvalue weighted by Crippen LogP contribution is 2.40. The molecule has 1 atom stereocenters. The summed E-state index contributed by atoms with van der Waals surface area (Å²) < 4.78 is 5.25. The lowest BCUT2D eigenvalue weighted by molar-refractivity contribution is -0.148. The van der Waals surface area contributed by atoms with Crippen molar-refractivity contribution in [2.45, 2.75) is 79.3 Å². The lowest BCUT2D eigenvalue weighted by atomic mass is 9.68. The van der Waals surface area contributed by atoms with Crippen molar-refractivity contribution < 1.29 is 9.53 Å². The molecule has 0 aromatic rings. The molecule has 1 fully saturated rings. The first kappa shape index (κ1) is 17.5. The van der Waals surface area contributed by atoms with Crippen LogP contribution in [0.15, 0.2) is 0 Å². The van der Waals surface area contributed by atoms with Crippen LogP contribution in [-0.4, -0.2) is 24.7 Å². The Labute approximate surface area is 124 Å². The maximum Gasteiger partial charge on any atom is 0.323 e. The Morgan fingerprint density at radius 2 is 1.75 bits per heavy atom. The van der Waals surface area contributed by atoms with E-state index in [2.05, 4.69) is 39.9 Å². The van der Waals surface area contributed by atoms with Gasteiger partial charge in [-0.05, 0) is 49.9 Å². The van der Waals surface area contributed by atoms with E-state index in [-0.39, 0.29) is 12.0 Å². The van der Waals surface area contributed by atoms with Crippen molar-refractivity contribution in [1.82, 2.24) is 5.32 Å². The average molecular weight is 283 g/mol. The molecular formula is C17H33NO2. The van der Waals surface area contributed by atoms with Crippen molar-refractivity contribution in [3.8, 4) is 0 Å². The molecule has 0 saturated heterocycles. The number of esters is 1. The Bertz CT molecular complexity index is 299. The summed E-state index contributed by atoms with van der Waals surface area (Å²) in [7, 11) is 0. The highest BCUT2D eigenvalue weighted by atomic mass is 16.5. The van der Waals surface area contributed by atoms with E-state index in [9.17, 15) is 4.79 Å². The number of carbonyl (C=O) groups is 1.